The summed E-state index contributed by atoms with van der Waals surface area (Å²) in [4.78, 5) is 12.3. The molecule has 1 aliphatic carbocycles. The molecule has 1 aliphatic heterocycles. The molecule has 0 radical (unpaired) electrons. The zero-order chi connectivity index (χ0) is 12.1. The van der Waals surface area contributed by atoms with Gasteiger partial charge in [-0.25, -0.2) is 0 Å². The van der Waals surface area contributed by atoms with Crippen LogP contribution in [0.2, 0.25) is 0 Å². The number of halogens is 1. The van der Waals surface area contributed by atoms with Gasteiger partial charge in [0.25, 0.3) is 0 Å². The van der Waals surface area contributed by atoms with Crippen molar-refractivity contribution < 1.29 is 9.53 Å². The van der Waals surface area contributed by atoms with Gasteiger partial charge in [-0.2, -0.15) is 0 Å². The van der Waals surface area contributed by atoms with E-state index in [1.807, 2.05) is 0 Å². The maximum absolute atomic E-state index is 12.3. The predicted molar refractivity (Wildman–Crippen MR) is 71.3 cm³/mol. The summed E-state index contributed by atoms with van der Waals surface area (Å²) in [6, 6.07) is 0. The first-order valence-corrected chi connectivity index (χ1v) is 7.84. The number of nitrogens with one attached hydrogen (secondary N) is 1. The van der Waals surface area contributed by atoms with Crippen molar-refractivity contribution in [2.75, 3.05) is 18.5 Å². The van der Waals surface area contributed by atoms with Gasteiger partial charge in [0.05, 0.1) is 5.54 Å². The molecule has 3 nitrogen and oxygen atoms in total. The highest BCUT2D eigenvalue weighted by molar-refractivity contribution is 9.09. The molecule has 0 aromatic carbocycles. The molecule has 0 aromatic heterocycles. The minimum atomic E-state index is -0.0627. The Bertz CT molecular complexity index is 258. The van der Waals surface area contributed by atoms with Crippen LogP contribution in [0.3, 0.4) is 0 Å². The Morgan fingerprint density at radius 1 is 1.24 bits per heavy atom. The molecule has 0 atom stereocenters. The Balaban J connectivity index is 1.90. The Morgan fingerprint density at radius 2 is 1.88 bits per heavy atom. The third-order valence-corrected chi connectivity index (χ3v) is 5.14. The second-order valence-corrected chi connectivity index (χ2v) is 5.91. The first-order chi connectivity index (χ1) is 8.26. The molecule has 0 unspecified atom stereocenters. The molecule has 98 valence electrons. The van der Waals surface area contributed by atoms with E-state index in [1.54, 1.807) is 0 Å². The maximum Gasteiger partial charge on any atom is 0.223 e. The van der Waals surface area contributed by atoms with Gasteiger partial charge in [-0.05, 0) is 25.7 Å². The van der Waals surface area contributed by atoms with Gasteiger partial charge in [0.1, 0.15) is 0 Å². The minimum Gasteiger partial charge on any atom is -0.381 e. The molecule has 4 heteroatoms. The lowest BCUT2D eigenvalue weighted by atomic mass is 9.86. The Labute approximate surface area is 112 Å². The van der Waals surface area contributed by atoms with E-state index < -0.39 is 0 Å². The Kier molecular flexibility index (Phi) is 4.86. The summed E-state index contributed by atoms with van der Waals surface area (Å²) in [5.41, 5.74) is -0.0627. The van der Waals surface area contributed by atoms with Crippen molar-refractivity contribution >= 4 is 21.8 Å². The SMILES string of the molecule is O=C(NC1(CBr)CCOCC1)C1CCCCC1. The van der Waals surface area contributed by atoms with Crippen LogP contribution in [0.4, 0.5) is 0 Å². The zero-order valence-electron chi connectivity index (χ0n) is 10.3. The van der Waals surface area contributed by atoms with Crippen LogP contribution < -0.4 is 5.32 Å². The molecule has 2 fully saturated rings. The van der Waals surface area contributed by atoms with E-state index in [4.69, 9.17) is 4.74 Å². The molecule has 1 saturated carbocycles. The summed E-state index contributed by atoms with van der Waals surface area (Å²) in [6.07, 6.45) is 7.71. The van der Waals surface area contributed by atoms with Gasteiger partial charge in [0, 0.05) is 24.5 Å². The van der Waals surface area contributed by atoms with Crippen LogP contribution in [0, 0.1) is 5.92 Å². The number of hydrogen-bond acceptors (Lipinski definition) is 2. The van der Waals surface area contributed by atoms with Crippen molar-refractivity contribution in [2.45, 2.75) is 50.5 Å². The highest BCUT2D eigenvalue weighted by atomic mass is 79.9. The van der Waals surface area contributed by atoms with Crippen LogP contribution in [0.25, 0.3) is 0 Å². The number of ether oxygens (including phenoxy) is 1. The highest BCUT2D eigenvalue weighted by Crippen LogP contribution is 2.27. The number of amides is 1. The van der Waals surface area contributed by atoms with Crippen LogP contribution in [0.1, 0.15) is 44.9 Å². The van der Waals surface area contributed by atoms with Gasteiger partial charge in [-0.3, -0.25) is 4.79 Å². The number of alkyl halides is 1. The molecule has 2 rings (SSSR count). The molecule has 1 heterocycles. The largest absolute Gasteiger partial charge is 0.381 e. The van der Waals surface area contributed by atoms with Crippen LogP contribution >= 0.6 is 15.9 Å². The monoisotopic (exact) mass is 303 g/mol. The van der Waals surface area contributed by atoms with Crippen molar-refractivity contribution in [3.63, 3.8) is 0 Å². The first-order valence-electron chi connectivity index (χ1n) is 6.71. The normalized spacial score (nSPS) is 25.5. The summed E-state index contributed by atoms with van der Waals surface area (Å²) in [5, 5.41) is 4.12. The molecule has 0 aromatic rings. The van der Waals surface area contributed by atoms with E-state index in [0.29, 0.717) is 0 Å². The summed E-state index contributed by atoms with van der Waals surface area (Å²) in [6.45, 7) is 1.52. The summed E-state index contributed by atoms with van der Waals surface area (Å²) in [7, 11) is 0. The fourth-order valence-electron chi connectivity index (χ4n) is 2.78. The third kappa shape index (κ3) is 3.44. The van der Waals surface area contributed by atoms with Gasteiger partial charge >= 0.3 is 0 Å². The van der Waals surface area contributed by atoms with Crippen LogP contribution in [-0.2, 0) is 9.53 Å². The lowest BCUT2D eigenvalue weighted by Crippen LogP contribution is -2.55. The molecule has 2 aliphatic rings. The standard InChI is InChI=1S/C13H22BrNO2/c14-10-13(6-8-17-9-7-13)15-12(16)11-4-2-1-3-5-11/h11H,1-10H2,(H,15,16). The smallest absolute Gasteiger partial charge is 0.223 e. The summed E-state index contributed by atoms with van der Waals surface area (Å²) in [5.74, 6) is 0.522. The van der Waals surface area contributed by atoms with Crippen LogP contribution in [0.5, 0.6) is 0 Å². The molecule has 0 bridgehead atoms. The van der Waals surface area contributed by atoms with E-state index in [0.717, 1.165) is 44.2 Å². The first kappa shape index (κ1) is 13.3. The van der Waals surface area contributed by atoms with Crippen LogP contribution in [-0.4, -0.2) is 30.0 Å². The highest BCUT2D eigenvalue weighted by Gasteiger charge is 2.35. The van der Waals surface area contributed by atoms with Gasteiger partial charge in [-0.15, -0.1) is 0 Å². The fourth-order valence-corrected chi connectivity index (χ4v) is 3.48. The quantitative estimate of drug-likeness (QED) is 0.814. The van der Waals surface area contributed by atoms with Crippen LogP contribution in [0.15, 0.2) is 0 Å². The third-order valence-electron chi connectivity index (χ3n) is 4.07. The van der Waals surface area contributed by atoms with E-state index in [-0.39, 0.29) is 17.4 Å². The Morgan fingerprint density at radius 3 is 2.47 bits per heavy atom. The second kappa shape index (κ2) is 6.19. The van der Waals surface area contributed by atoms with Gasteiger partial charge < -0.3 is 10.1 Å². The second-order valence-electron chi connectivity index (χ2n) is 5.35. The van der Waals surface area contributed by atoms with Crippen molar-refractivity contribution in [2.24, 2.45) is 5.92 Å². The van der Waals surface area contributed by atoms with E-state index >= 15 is 0 Å². The summed E-state index contributed by atoms with van der Waals surface area (Å²) < 4.78 is 5.38. The molecule has 1 N–H and O–H groups in total. The zero-order valence-corrected chi connectivity index (χ0v) is 11.9. The molecular formula is C13H22BrNO2. The number of carbonyl (C=O) groups excluding carboxylic acids is 1. The number of carbonyl (C=O) groups is 1. The topological polar surface area (TPSA) is 38.3 Å². The van der Waals surface area contributed by atoms with E-state index in [2.05, 4.69) is 21.2 Å². The fraction of sp³-hybridized carbons (Fsp3) is 0.923. The van der Waals surface area contributed by atoms with Crippen molar-refractivity contribution in [3.8, 4) is 0 Å². The average molecular weight is 304 g/mol. The molecule has 0 spiro atoms. The molecule has 1 amide bonds. The maximum atomic E-state index is 12.3. The molecular weight excluding hydrogens is 282 g/mol. The molecule has 1 saturated heterocycles. The molecule has 17 heavy (non-hydrogen) atoms. The number of rotatable bonds is 3. The predicted octanol–water partition coefficient (Wildman–Crippen LogP) is 2.63. The van der Waals surface area contributed by atoms with Gasteiger partial charge in [0.15, 0.2) is 0 Å². The lowest BCUT2D eigenvalue weighted by molar-refractivity contribution is -0.128. The van der Waals surface area contributed by atoms with Gasteiger partial charge in [-0.1, -0.05) is 35.2 Å². The van der Waals surface area contributed by atoms with Crippen molar-refractivity contribution in [1.82, 2.24) is 5.32 Å². The minimum absolute atomic E-state index is 0.0627. The van der Waals surface area contributed by atoms with Gasteiger partial charge in [0.2, 0.25) is 5.91 Å². The number of hydrogen-bond donors (Lipinski definition) is 1. The van der Waals surface area contributed by atoms with E-state index in [9.17, 15) is 4.79 Å². The van der Waals surface area contributed by atoms with E-state index in [1.165, 1.54) is 19.3 Å². The van der Waals surface area contributed by atoms with Crippen molar-refractivity contribution in [3.05, 3.63) is 0 Å². The van der Waals surface area contributed by atoms with Crippen molar-refractivity contribution in [1.29, 1.82) is 0 Å². The Hall–Kier alpha value is -0.0900. The average Bonchev–Trinajstić information content (AvgIpc) is 2.41. The lowest BCUT2D eigenvalue weighted by Gasteiger charge is -2.38. The summed E-state index contributed by atoms with van der Waals surface area (Å²) >= 11 is 3.55.